The molecule has 0 unspecified atom stereocenters. The fourth-order valence-electron chi connectivity index (χ4n) is 2.88. The van der Waals surface area contributed by atoms with E-state index in [0.717, 1.165) is 11.1 Å². The van der Waals surface area contributed by atoms with Crippen LogP contribution in [-0.4, -0.2) is 17.6 Å². The van der Waals surface area contributed by atoms with Crippen LogP contribution in [0.15, 0.2) is 78.9 Å². The predicted molar refractivity (Wildman–Crippen MR) is 122 cm³/mol. The van der Waals surface area contributed by atoms with Crippen molar-refractivity contribution in [1.29, 1.82) is 0 Å². The summed E-state index contributed by atoms with van der Waals surface area (Å²) in [5.74, 6) is -0.0253. The van der Waals surface area contributed by atoms with Gasteiger partial charge in [-0.3, -0.25) is 9.59 Å². The van der Waals surface area contributed by atoms with Gasteiger partial charge in [0.2, 0.25) is 11.8 Å². The summed E-state index contributed by atoms with van der Waals surface area (Å²) in [4.78, 5) is 23.7. The Balaban J connectivity index is 1.66. The lowest BCUT2D eigenvalue weighted by atomic mass is 10.0. The highest BCUT2D eigenvalue weighted by Crippen LogP contribution is 2.35. The zero-order valence-electron chi connectivity index (χ0n) is 15.9. The van der Waals surface area contributed by atoms with Crippen molar-refractivity contribution in [2.24, 2.45) is 0 Å². The van der Waals surface area contributed by atoms with E-state index in [4.69, 9.17) is 11.6 Å². The Hall–Kier alpha value is -2.76. The van der Waals surface area contributed by atoms with Gasteiger partial charge in [-0.2, -0.15) is 0 Å². The van der Waals surface area contributed by atoms with Crippen LogP contribution in [-0.2, 0) is 9.59 Å². The molecule has 0 atom stereocenters. The van der Waals surface area contributed by atoms with Gasteiger partial charge in [-0.05, 0) is 29.3 Å². The normalized spacial score (nSPS) is 10.6. The second-order valence-corrected chi connectivity index (χ2v) is 7.94. The maximum atomic E-state index is 12.5. The topological polar surface area (TPSA) is 58.2 Å². The summed E-state index contributed by atoms with van der Waals surface area (Å²) in [5, 5.41) is 5.94. The van der Waals surface area contributed by atoms with Crippen molar-refractivity contribution in [3.8, 4) is 0 Å². The summed E-state index contributed by atoms with van der Waals surface area (Å²) >= 11 is 7.74. The third-order valence-corrected chi connectivity index (χ3v) is 5.77. The number of hydrogen-bond acceptors (Lipinski definition) is 3. The minimum Gasteiger partial charge on any atom is -0.325 e. The van der Waals surface area contributed by atoms with Crippen LogP contribution in [0.3, 0.4) is 0 Å². The highest BCUT2D eigenvalue weighted by atomic mass is 35.5. The minimum absolute atomic E-state index is 0.0638. The summed E-state index contributed by atoms with van der Waals surface area (Å²) in [6.45, 7) is 1.42. The number of thioether (sulfide) groups is 1. The summed E-state index contributed by atoms with van der Waals surface area (Å²) in [6.07, 6.45) is 0. The second-order valence-electron chi connectivity index (χ2n) is 6.44. The van der Waals surface area contributed by atoms with E-state index in [9.17, 15) is 9.59 Å². The molecule has 2 N–H and O–H groups in total. The molecular weight excluding hydrogens is 404 g/mol. The van der Waals surface area contributed by atoms with Crippen LogP contribution in [0.25, 0.3) is 0 Å². The Morgan fingerprint density at radius 3 is 2.00 bits per heavy atom. The number of rotatable bonds is 7. The van der Waals surface area contributed by atoms with E-state index in [1.165, 1.54) is 6.92 Å². The number of halogens is 1. The van der Waals surface area contributed by atoms with E-state index in [0.29, 0.717) is 22.2 Å². The first-order valence-electron chi connectivity index (χ1n) is 9.11. The Morgan fingerprint density at radius 2 is 1.48 bits per heavy atom. The molecule has 148 valence electrons. The molecule has 3 aromatic rings. The number of nitrogens with one attached hydrogen (secondary N) is 2. The van der Waals surface area contributed by atoms with Gasteiger partial charge in [0.1, 0.15) is 0 Å². The van der Waals surface area contributed by atoms with E-state index in [-0.39, 0.29) is 17.1 Å². The average molecular weight is 425 g/mol. The predicted octanol–water partition coefficient (Wildman–Crippen LogP) is 5.76. The molecule has 3 aromatic carbocycles. The lowest BCUT2D eigenvalue weighted by Gasteiger charge is -2.17. The van der Waals surface area contributed by atoms with Crippen molar-refractivity contribution < 1.29 is 9.59 Å². The molecule has 29 heavy (non-hydrogen) atoms. The molecule has 0 heterocycles. The summed E-state index contributed by atoms with van der Waals surface area (Å²) in [7, 11) is 0. The molecule has 2 amide bonds. The van der Waals surface area contributed by atoms with Gasteiger partial charge < -0.3 is 10.6 Å². The molecule has 0 saturated heterocycles. The number of benzene rings is 3. The van der Waals surface area contributed by atoms with Crippen molar-refractivity contribution in [1.82, 2.24) is 0 Å². The summed E-state index contributed by atoms with van der Waals surface area (Å²) < 4.78 is 0. The molecule has 6 heteroatoms. The van der Waals surface area contributed by atoms with Crippen LogP contribution in [0.5, 0.6) is 0 Å². The average Bonchev–Trinajstić information content (AvgIpc) is 2.71. The molecule has 0 fully saturated rings. The van der Waals surface area contributed by atoms with E-state index < -0.39 is 0 Å². The maximum Gasteiger partial charge on any atom is 0.234 e. The maximum absolute atomic E-state index is 12.5. The molecule has 0 saturated carbocycles. The van der Waals surface area contributed by atoms with Crippen LogP contribution in [0.2, 0.25) is 5.02 Å². The molecule has 0 aliphatic heterocycles. The SMILES string of the molecule is CC(=O)Nc1ccc(NC(=O)CSC(c2ccccc2)c2ccccc2)cc1Cl. The third-order valence-electron chi connectivity index (χ3n) is 4.15. The molecule has 0 spiro atoms. The van der Waals surface area contributed by atoms with Gasteiger partial charge in [-0.1, -0.05) is 72.3 Å². The van der Waals surface area contributed by atoms with E-state index in [1.807, 2.05) is 36.4 Å². The fourth-order valence-corrected chi connectivity index (χ4v) is 4.20. The molecule has 0 aromatic heterocycles. The Morgan fingerprint density at radius 1 is 0.897 bits per heavy atom. The van der Waals surface area contributed by atoms with E-state index >= 15 is 0 Å². The Bertz CT molecular complexity index is 941. The summed E-state index contributed by atoms with van der Waals surface area (Å²) in [6, 6.07) is 25.3. The highest BCUT2D eigenvalue weighted by Gasteiger charge is 2.16. The summed E-state index contributed by atoms with van der Waals surface area (Å²) in [5.41, 5.74) is 3.41. The monoisotopic (exact) mass is 424 g/mol. The van der Waals surface area contributed by atoms with Crippen molar-refractivity contribution in [2.45, 2.75) is 12.2 Å². The highest BCUT2D eigenvalue weighted by molar-refractivity contribution is 8.00. The van der Waals surface area contributed by atoms with E-state index in [1.54, 1.807) is 30.0 Å². The number of hydrogen-bond donors (Lipinski definition) is 2. The first-order chi connectivity index (χ1) is 14.0. The zero-order valence-corrected chi connectivity index (χ0v) is 17.5. The zero-order chi connectivity index (χ0) is 20.6. The Kier molecular flexibility index (Phi) is 7.33. The first kappa shape index (κ1) is 21.0. The largest absolute Gasteiger partial charge is 0.325 e. The van der Waals surface area contributed by atoms with Crippen molar-refractivity contribution in [2.75, 3.05) is 16.4 Å². The molecule has 0 aliphatic rings. The van der Waals surface area contributed by atoms with Gasteiger partial charge in [-0.15, -0.1) is 11.8 Å². The van der Waals surface area contributed by atoms with Gasteiger partial charge in [-0.25, -0.2) is 0 Å². The molecule has 0 aliphatic carbocycles. The number of amides is 2. The van der Waals surface area contributed by atoms with Crippen LogP contribution in [0.4, 0.5) is 11.4 Å². The van der Waals surface area contributed by atoms with Gasteiger partial charge in [0.05, 0.1) is 21.7 Å². The van der Waals surface area contributed by atoms with Crippen LogP contribution < -0.4 is 10.6 Å². The molecule has 3 rings (SSSR count). The number of carbonyl (C=O) groups excluding carboxylic acids is 2. The lowest BCUT2D eigenvalue weighted by molar-refractivity contribution is -0.114. The third kappa shape index (κ3) is 6.11. The standard InChI is InChI=1S/C23H21ClN2O2S/c1-16(27)25-21-13-12-19(14-20(21)24)26-22(28)15-29-23(17-8-4-2-5-9-17)18-10-6-3-7-11-18/h2-14,23H,15H2,1H3,(H,25,27)(H,26,28). The molecule has 0 bridgehead atoms. The van der Waals surface area contributed by atoms with Crippen LogP contribution >= 0.6 is 23.4 Å². The number of anilines is 2. The van der Waals surface area contributed by atoms with Gasteiger partial charge in [0, 0.05) is 12.6 Å². The molecule has 0 radical (unpaired) electrons. The van der Waals surface area contributed by atoms with Crippen molar-refractivity contribution in [3.05, 3.63) is 95.0 Å². The smallest absolute Gasteiger partial charge is 0.234 e. The quantitative estimate of drug-likeness (QED) is 0.507. The van der Waals surface area contributed by atoms with Crippen LogP contribution in [0, 0.1) is 0 Å². The molecule has 4 nitrogen and oxygen atoms in total. The fraction of sp³-hybridized carbons (Fsp3) is 0.130. The van der Waals surface area contributed by atoms with Crippen molar-refractivity contribution >= 4 is 46.6 Å². The van der Waals surface area contributed by atoms with Gasteiger partial charge in [0.25, 0.3) is 0 Å². The van der Waals surface area contributed by atoms with Crippen LogP contribution in [0.1, 0.15) is 23.3 Å². The molecular formula is C23H21ClN2O2S. The van der Waals surface area contributed by atoms with Gasteiger partial charge in [0.15, 0.2) is 0 Å². The second kappa shape index (κ2) is 10.1. The lowest BCUT2D eigenvalue weighted by Crippen LogP contribution is -2.15. The van der Waals surface area contributed by atoms with Crippen molar-refractivity contribution in [3.63, 3.8) is 0 Å². The first-order valence-corrected chi connectivity index (χ1v) is 10.5. The van der Waals surface area contributed by atoms with Gasteiger partial charge >= 0.3 is 0 Å². The number of carbonyl (C=O) groups is 2. The van der Waals surface area contributed by atoms with E-state index in [2.05, 4.69) is 34.9 Å². The minimum atomic E-state index is -0.201. The Labute approximate surface area is 179 Å².